The Kier molecular flexibility index (Phi) is 5.42. The zero-order valence-electron chi connectivity index (χ0n) is 14.6. The van der Waals surface area contributed by atoms with E-state index in [9.17, 15) is 0 Å². The second-order valence-electron chi connectivity index (χ2n) is 5.97. The molecule has 0 unspecified atom stereocenters. The molecule has 0 aliphatic rings. The molecule has 0 saturated carbocycles. The van der Waals surface area contributed by atoms with Crippen molar-refractivity contribution in [2.75, 3.05) is 19.4 Å². The summed E-state index contributed by atoms with van der Waals surface area (Å²) in [5.41, 5.74) is 3.24. The van der Waals surface area contributed by atoms with Crippen molar-refractivity contribution >= 4 is 17.5 Å². The topological polar surface area (TPSA) is 40.5 Å². The Morgan fingerprint density at radius 1 is 0.880 bits per heavy atom. The highest BCUT2D eigenvalue weighted by Crippen LogP contribution is 2.14. The fourth-order valence-corrected chi connectivity index (χ4v) is 2.43. The summed E-state index contributed by atoms with van der Waals surface area (Å²) in [7, 11) is 3.92. The predicted octanol–water partition coefficient (Wildman–Crippen LogP) is 4.33. The Labute approximate surface area is 148 Å². The third-order valence-corrected chi connectivity index (χ3v) is 3.69. The lowest BCUT2D eigenvalue weighted by Gasteiger charge is -2.17. The highest BCUT2D eigenvalue weighted by atomic mass is 15.3. The van der Waals surface area contributed by atoms with E-state index >= 15 is 0 Å². The third kappa shape index (κ3) is 4.91. The van der Waals surface area contributed by atoms with Crippen molar-refractivity contribution in [3.63, 3.8) is 0 Å². The van der Waals surface area contributed by atoms with Crippen LogP contribution in [0.25, 0.3) is 0 Å². The molecule has 0 atom stereocenters. The van der Waals surface area contributed by atoms with Crippen LogP contribution in [0.15, 0.2) is 83.9 Å². The van der Waals surface area contributed by atoms with E-state index in [0.717, 1.165) is 23.8 Å². The van der Waals surface area contributed by atoms with Crippen molar-refractivity contribution in [3.05, 3.63) is 90.1 Å². The first kappa shape index (κ1) is 16.7. The molecule has 0 bridgehead atoms. The summed E-state index contributed by atoms with van der Waals surface area (Å²) in [6, 6.07) is 26.3. The van der Waals surface area contributed by atoms with Crippen LogP contribution in [0.1, 0.15) is 11.3 Å². The molecule has 0 amide bonds. The number of aromatic nitrogens is 1. The molecule has 3 aromatic rings. The zero-order valence-corrected chi connectivity index (χ0v) is 14.6. The van der Waals surface area contributed by atoms with E-state index in [1.54, 1.807) is 0 Å². The summed E-state index contributed by atoms with van der Waals surface area (Å²) in [6.45, 7) is 0. The van der Waals surface area contributed by atoms with Gasteiger partial charge in [-0.05, 0) is 29.8 Å². The molecule has 1 N–H and O–H groups in total. The van der Waals surface area contributed by atoms with Gasteiger partial charge in [-0.3, -0.25) is 0 Å². The van der Waals surface area contributed by atoms with Gasteiger partial charge in [0.2, 0.25) is 5.96 Å². The zero-order chi connectivity index (χ0) is 17.5. The molecule has 1 aromatic heterocycles. The van der Waals surface area contributed by atoms with Crippen LogP contribution in [0.2, 0.25) is 0 Å². The summed E-state index contributed by atoms with van der Waals surface area (Å²) in [5, 5.41) is 3.33. The number of rotatable bonds is 4. The average molecular weight is 330 g/mol. The lowest BCUT2D eigenvalue weighted by atomic mass is 10.1. The monoisotopic (exact) mass is 330 g/mol. The van der Waals surface area contributed by atoms with Gasteiger partial charge in [0.25, 0.3) is 0 Å². The van der Waals surface area contributed by atoms with Gasteiger partial charge in [-0.25, -0.2) is 4.98 Å². The maximum atomic E-state index is 4.68. The maximum absolute atomic E-state index is 4.68. The number of nitrogens with one attached hydrogen (secondary N) is 1. The van der Waals surface area contributed by atoms with Crippen LogP contribution in [-0.2, 0) is 6.42 Å². The molecular weight excluding hydrogens is 308 g/mol. The van der Waals surface area contributed by atoms with Gasteiger partial charge in [0.1, 0.15) is 0 Å². The Hall–Kier alpha value is -3.14. The first-order valence-electron chi connectivity index (χ1n) is 8.28. The number of para-hydroxylation sites is 1. The lowest BCUT2D eigenvalue weighted by molar-refractivity contribution is 0.620. The van der Waals surface area contributed by atoms with Gasteiger partial charge in [-0.15, -0.1) is 0 Å². The molecule has 0 fully saturated rings. The van der Waals surface area contributed by atoms with E-state index in [1.165, 1.54) is 5.56 Å². The second kappa shape index (κ2) is 8.11. The molecule has 0 spiro atoms. The standard InChI is InChI=1S/C21H22N4/c1-25(2)21(23-18-12-7-4-8-13-18)24-20-15-9-14-19(22-20)16-17-10-5-3-6-11-17/h3-15H,16H2,1-2H3,(H,22,23,24). The third-order valence-electron chi connectivity index (χ3n) is 3.69. The SMILES string of the molecule is CN(C)C(=Nc1cccc(Cc2ccccc2)n1)Nc1ccccc1. The van der Waals surface area contributed by atoms with E-state index < -0.39 is 0 Å². The molecule has 25 heavy (non-hydrogen) atoms. The fourth-order valence-electron chi connectivity index (χ4n) is 2.43. The molecule has 2 aromatic carbocycles. The number of aliphatic imine (C=N–C) groups is 1. The number of hydrogen-bond donors (Lipinski definition) is 1. The van der Waals surface area contributed by atoms with Crippen LogP contribution in [0.4, 0.5) is 11.5 Å². The van der Waals surface area contributed by atoms with Gasteiger partial charge in [0.15, 0.2) is 5.82 Å². The van der Waals surface area contributed by atoms with Crippen molar-refractivity contribution in [3.8, 4) is 0 Å². The van der Waals surface area contributed by atoms with Gasteiger partial charge >= 0.3 is 0 Å². The second-order valence-corrected chi connectivity index (χ2v) is 5.97. The summed E-state index contributed by atoms with van der Waals surface area (Å²) in [5.74, 6) is 1.44. The van der Waals surface area contributed by atoms with E-state index in [2.05, 4.69) is 27.4 Å². The minimum absolute atomic E-state index is 0.695. The van der Waals surface area contributed by atoms with E-state index in [0.29, 0.717) is 5.82 Å². The normalized spacial score (nSPS) is 11.2. The van der Waals surface area contributed by atoms with Crippen LogP contribution in [0, 0.1) is 0 Å². The molecule has 3 rings (SSSR count). The van der Waals surface area contributed by atoms with Crippen LogP contribution in [0.5, 0.6) is 0 Å². The number of anilines is 1. The first-order valence-corrected chi connectivity index (χ1v) is 8.28. The van der Waals surface area contributed by atoms with E-state index in [1.807, 2.05) is 85.7 Å². The van der Waals surface area contributed by atoms with Crippen LogP contribution in [0.3, 0.4) is 0 Å². The van der Waals surface area contributed by atoms with Crippen molar-refractivity contribution < 1.29 is 0 Å². The molecule has 0 aliphatic heterocycles. The Morgan fingerprint density at radius 3 is 2.24 bits per heavy atom. The molecular formula is C21H22N4. The summed E-state index contributed by atoms with van der Waals surface area (Å²) < 4.78 is 0. The number of benzene rings is 2. The fraction of sp³-hybridized carbons (Fsp3) is 0.143. The minimum atomic E-state index is 0.695. The van der Waals surface area contributed by atoms with Gasteiger partial charge < -0.3 is 10.2 Å². The molecule has 0 aliphatic carbocycles. The molecule has 4 heteroatoms. The largest absolute Gasteiger partial charge is 0.348 e. The number of pyridine rings is 1. The molecule has 0 radical (unpaired) electrons. The Balaban J connectivity index is 1.81. The average Bonchev–Trinajstić information content (AvgIpc) is 2.63. The van der Waals surface area contributed by atoms with Gasteiger partial charge in [-0.2, -0.15) is 4.99 Å². The Bertz CT molecular complexity index is 827. The van der Waals surface area contributed by atoms with Crippen LogP contribution < -0.4 is 5.32 Å². The highest BCUT2D eigenvalue weighted by Gasteiger charge is 2.05. The predicted molar refractivity (Wildman–Crippen MR) is 104 cm³/mol. The molecule has 1 heterocycles. The van der Waals surface area contributed by atoms with Crippen molar-refractivity contribution in [2.24, 2.45) is 4.99 Å². The van der Waals surface area contributed by atoms with E-state index in [-0.39, 0.29) is 0 Å². The minimum Gasteiger partial charge on any atom is -0.348 e. The van der Waals surface area contributed by atoms with Crippen molar-refractivity contribution in [2.45, 2.75) is 6.42 Å². The lowest BCUT2D eigenvalue weighted by Crippen LogP contribution is -2.29. The quantitative estimate of drug-likeness (QED) is 0.572. The smallest absolute Gasteiger partial charge is 0.204 e. The summed E-state index contributed by atoms with van der Waals surface area (Å²) >= 11 is 0. The van der Waals surface area contributed by atoms with Gasteiger partial charge in [0.05, 0.1) is 0 Å². The number of guanidine groups is 1. The molecule has 126 valence electrons. The summed E-state index contributed by atoms with van der Waals surface area (Å²) in [6.07, 6.45) is 0.799. The summed E-state index contributed by atoms with van der Waals surface area (Å²) in [4.78, 5) is 11.3. The molecule has 0 saturated heterocycles. The molecule has 4 nitrogen and oxygen atoms in total. The maximum Gasteiger partial charge on any atom is 0.204 e. The van der Waals surface area contributed by atoms with Crippen molar-refractivity contribution in [1.82, 2.24) is 9.88 Å². The Morgan fingerprint density at radius 2 is 1.56 bits per heavy atom. The highest BCUT2D eigenvalue weighted by molar-refractivity contribution is 5.94. The number of hydrogen-bond acceptors (Lipinski definition) is 2. The van der Waals surface area contributed by atoms with Crippen molar-refractivity contribution in [1.29, 1.82) is 0 Å². The number of nitrogens with zero attached hydrogens (tertiary/aromatic N) is 3. The van der Waals surface area contributed by atoms with Gasteiger partial charge in [0, 0.05) is 31.9 Å². The first-order chi connectivity index (χ1) is 12.2. The van der Waals surface area contributed by atoms with Crippen LogP contribution in [-0.4, -0.2) is 29.9 Å². The van der Waals surface area contributed by atoms with Gasteiger partial charge in [-0.1, -0.05) is 54.6 Å². The van der Waals surface area contributed by atoms with Crippen LogP contribution >= 0.6 is 0 Å². The van der Waals surface area contributed by atoms with E-state index in [4.69, 9.17) is 0 Å².